The molecule has 1 aromatic carbocycles. The Morgan fingerprint density at radius 1 is 0.968 bits per heavy atom. The zero-order valence-corrected chi connectivity index (χ0v) is 17.6. The van der Waals surface area contributed by atoms with Gasteiger partial charge in [0.25, 0.3) is 5.91 Å². The number of carbonyl (C=O) groups excluding carboxylic acids is 2. The number of aromatic nitrogens is 2. The number of hydrogen-bond donors (Lipinski definition) is 1. The summed E-state index contributed by atoms with van der Waals surface area (Å²) in [5.41, 5.74) is 4.20. The van der Waals surface area contributed by atoms with Crippen LogP contribution in [-0.2, 0) is 11.3 Å². The van der Waals surface area contributed by atoms with E-state index >= 15 is 0 Å². The first-order valence-electron chi connectivity index (χ1n) is 10.6. The highest BCUT2D eigenvalue weighted by atomic mass is 16.2. The van der Waals surface area contributed by atoms with Gasteiger partial charge in [-0.05, 0) is 49.6 Å². The van der Waals surface area contributed by atoms with E-state index in [0.29, 0.717) is 43.7 Å². The number of pyridine rings is 2. The zero-order valence-electron chi connectivity index (χ0n) is 17.6. The Balaban J connectivity index is 1.39. The minimum absolute atomic E-state index is 0.0275. The molecule has 6 heteroatoms. The molecular weight excluding hydrogens is 388 g/mol. The molecule has 1 saturated heterocycles. The molecule has 4 rings (SSSR count). The van der Waals surface area contributed by atoms with E-state index in [-0.39, 0.29) is 17.7 Å². The van der Waals surface area contributed by atoms with E-state index in [1.807, 2.05) is 60.4 Å². The van der Waals surface area contributed by atoms with E-state index in [1.54, 1.807) is 18.5 Å². The molecule has 2 amide bonds. The van der Waals surface area contributed by atoms with Gasteiger partial charge in [-0.2, -0.15) is 0 Å². The minimum atomic E-state index is -0.0856. The van der Waals surface area contributed by atoms with Crippen molar-refractivity contribution in [2.24, 2.45) is 5.92 Å². The Hall–Kier alpha value is -3.54. The van der Waals surface area contributed by atoms with Crippen molar-refractivity contribution in [3.63, 3.8) is 0 Å². The molecule has 0 unspecified atom stereocenters. The van der Waals surface area contributed by atoms with Crippen LogP contribution >= 0.6 is 0 Å². The fraction of sp³-hybridized carbons (Fsp3) is 0.280. The summed E-state index contributed by atoms with van der Waals surface area (Å²) in [6.07, 6.45) is 4.74. The van der Waals surface area contributed by atoms with Crippen LogP contribution in [0.15, 0.2) is 67.0 Å². The number of benzene rings is 1. The molecule has 31 heavy (non-hydrogen) atoms. The third-order valence-electron chi connectivity index (χ3n) is 5.76. The van der Waals surface area contributed by atoms with Crippen molar-refractivity contribution in [1.29, 1.82) is 0 Å². The smallest absolute Gasteiger partial charge is 0.256 e. The van der Waals surface area contributed by atoms with Crippen LogP contribution in [0.5, 0.6) is 0 Å². The molecule has 0 atom stereocenters. The number of piperidine rings is 1. The molecule has 1 N–H and O–H groups in total. The lowest BCUT2D eigenvalue weighted by Gasteiger charge is -2.31. The monoisotopic (exact) mass is 414 g/mol. The SMILES string of the molecule is Cc1ccccc1-c1ncccc1C(=O)N1CCC(C(=O)NCc2ccccn2)CC1. The molecule has 3 heterocycles. The maximum atomic E-state index is 13.3. The van der Waals surface area contributed by atoms with Gasteiger partial charge in [0.2, 0.25) is 5.91 Å². The van der Waals surface area contributed by atoms with Crippen LogP contribution in [-0.4, -0.2) is 39.8 Å². The van der Waals surface area contributed by atoms with Gasteiger partial charge in [0, 0.05) is 37.0 Å². The molecule has 0 bridgehead atoms. The van der Waals surface area contributed by atoms with Crippen LogP contribution in [0.1, 0.15) is 34.5 Å². The summed E-state index contributed by atoms with van der Waals surface area (Å²) in [5, 5.41) is 2.97. The Kier molecular flexibility index (Phi) is 6.36. The molecule has 0 spiro atoms. The fourth-order valence-electron chi connectivity index (χ4n) is 3.97. The molecule has 1 aliphatic rings. The predicted molar refractivity (Wildman–Crippen MR) is 119 cm³/mol. The summed E-state index contributed by atoms with van der Waals surface area (Å²) in [4.78, 5) is 36.4. The zero-order chi connectivity index (χ0) is 21.6. The number of amides is 2. The van der Waals surface area contributed by atoms with Crippen molar-refractivity contribution < 1.29 is 9.59 Å². The van der Waals surface area contributed by atoms with E-state index in [4.69, 9.17) is 0 Å². The third kappa shape index (κ3) is 4.79. The lowest BCUT2D eigenvalue weighted by molar-refractivity contribution is -0.126. The average Bonchev–Trinajstić information content (AvgIpc) is 2.83. The Morgan fingerprint density at radius 2 is 1.71 bits per heavy atom. The highest BCUT2D eigenvalue weighted by Gasteiger charge is 2.29. The van der Waals surface area contributed by atoms with Crippen LogP contribution in [0.25, 0.3) is 11.3 Å². The summed E-state index contributed by atoms with van der Waals surface area (Å²) >= 11 is 0. The van der Waals surface area contributed by atoms with Gasteiger partial charge in [-0.25, -0.2) is 0 Å². The van der Waals surface area contributed by atoms with Gasteiger partial charge in [-0.3, -0.25) is 19.6 Å². The van der Waals surface area contributed by atoms with E-state index in [0.717, 1.165) is 16.8 Å². The Bertz CT molecular complexity index is 1060. The minimum Gasteiger partial charge on any atom is -0.350 e. The van der Waals surface area contributed by atoms with Crippen molar-refractivity contribution in [3.05, 3.63) is 83.8 Å². The average molecular weight is 415 g/mol. The molecule has 0 saturated carbocycles. The van der Waals surface area contributed by atoms with E-state index in [2.05, 4.69) is 15.3 Å². The van der Waals surface area contributed by atoms with Crippen LogP contribution in [0.4, 0.5) is 0 Å². The Labute approximate surface area is 182 Å². The quantitative estimate of drug-likeness (QED) is 0.692. The second kappa shape index (κ2) is 9.51. The number of aryl methyl sites for hydroxylation is 1. The predicted octanol–water partition coefficient (Wildman–Crippen LogP) is 3.62. The van der Waals surface area contributed by atoms with Crippen molar-refractivity contribution >= 4 is 11.8 Å². The normalized spacial score (nSPS) is 14.3. The fourth-order valence-corrected chi connectivity index (χ4v) is 3.97. The molecule has 3 aromatic rings. The Morgan fingerprint density at radius 3 is 2.45 bits per heavy atom. The number of carbonyl (C=O) groups is 2. The molecular formula is C25H26N4O2. The maximum absolute atomic E-state index is 13.3. The van der Waals surface area contributed by atoms with E-state index in [1.165, 1.54) is 0 Å². The van der Waals surface area contributed by atoms with Crippen molar-refractivity contribution in [1.82, 2.24) is 20.2 Å². The number of nitrogens with zero attached hydrogens (tertiary/aromatic N) is 3. The van der Waals surface area contributed by atoms with Crippen LogP contribution in [0.3, 0.4) is 0 Å². The first-order valence-corrected chi connectivity index (χ1v) is 10.6. The second-order valence-corrected chi connectivity index (χ2v) is 7.82. The highest BCUT2D eigenvalue weighted by molar-refractivity contribution is 6.00. The number of nitrogens with one attached hydrogen (secondary N) is 1. The molecule has 0 aliphatic carbocycles. The number of rotatable bonds is 5. The van der Waals surface area contributed by atoms with Crippen LogP contribution in [0, 0.1) is 12.8 Å². The number of likely N-dealkylation sites (tertiary alicyclic amines) is 1. The second-order valence-electron chi connectivity index (χ2n) is 7.82. The first-order chi connectivity index (χ1) is 15.1. The molecule has 158 valence electrons. The molecule has 2 aromatic heterocycles. The summed E-state index contributed by atoms with van der Waals surface area (Å²) in [5.74, 6) is -0.0871. The van der Waals surface area contributed by atoms with Gasteiger partial charge >= 0.3 is 0 Å². The maximum Gasteiger partial charge on any atom is 0.256 e. The summed E-state index contributed by atoms with van der Waals surface area (Å²) < 4.78 is 0. The number of hydrogen-bond acceptors (Lipinski definition) is 4. The van der Waals surface area contributed by atoms with Crippen molar-refractivity contribution in [2.75, 3.05) is 13.1 Å². The van der Waals surface area contributed by atoms with Crippen molar-refractivity contribution in [2.45, 2.75) is 26.3 Å². The van der Waals surface area contributed by atoms with Crippen LogP contribution in [0.2, 0.25) is 0 Å². The largest absolute Gasteiger partial charge is 0.350 e. The van der Waals surface area contributed by atoms with Gasteiger partial charge in [-0.15, -0.1) is 0 Å². The van der Waals surface area contributed by atoms with Crippen LogP contribution < -0.4 is 5.32 Å². The molecule has 1 fully saturated rings. The summed E-state index contributed by atoms with van der Waals surface area (Å²) in [6.45, 7) is 3.56. The highest BCUT2D eigenvalue weighted by Crippen LogP contribution is 2.27. The van der Waals surface area contributed by atoms with E-state index in [9.17, 15) is 9.59 Å². The van der Waals surface area contributed by atoms with Gasteiger partial charge in [0.15, 0.2) is 0 Å². The lowest BCUT2D eigenvalue weighted by atomic mass is 9.94. The van der Waals surface area contributed by atoms with Gasteiger partial charge in [0.05, 0.1) is 23.5 Å². The van der Waals surface area contributed by atoms with Crippen molar-refractivity contribution in [3.8, 4) is 11.3 Å². The first kappa shape index (κ1) is 20.7. The summed E-state index contributed by atoms with van der Waals surface area (Å²) in [7, 11) is 0. The molecule has 6 nitrogen and oxygen atoms in total. The standard InChI is InChI=1S/C25H26N4O2/c1-18-7-2-3-9-21(18)23-22(10-6-14-27-23)25(31)29-15-11-19(12-16-29)24(30)28-17-20-8-4-5-13-26-20/h2-10,13-14,19H,11-12,15-17H2,1H3,(H,28,30). The molecule has 1 aliphatic heterocycles. The van der Waals surface area contributed by atoms with Gasteiger partial charge in [-0.1, -0.05) is 30.3 Å². The topological polar surface area (TPSA) is 75.2 Å². The third-order valence-corrected chi connectivity index (χ3v) is 5.76. The van der Waals surface area contributed by atoms with Gasteiger partial charge < -0.3 is 10.2 Å². The van der Waals surface area contributed by atoms with Gasteiger partial charge in [0.1, 0.15) is 0 Å². The lowest BCUT2D eigenvalue weighted by Crippen LogP contribution is -2.43. The van der Waals surface area contributed by atoms with E-state index < -0.39 is 0 Å². The summed E-state index contributed by atoms with van der Waals surface area (Å²) in [6, 6.07) is 17.2. The molecule has 0 radical (unpaired) electrons.